The summed E-state index contributed by atoms with van der Waals surface area (Å²) in [6, 6.07) is 16.7. The van der Waals surface area contributed by atoms with Crippen molar-refractivity contribution in [3.05, 3.63) is 65.2 Å². The lowest BCUT2D eigenvalue weighted by Gasteiger charge is -2.31. The predicted octanol–water partition coefficient (Wildman–Crippen LogP) is 3.24. The summed E-state index contributed by atoms with van der Waals surface area (Å²) in [6.07, 6.45) is 1.64. The number of anilines is 1. The molecule has 0 saturated carbocycles. The Bertz CT molecular complexity index is 1010. The molecule has 2 aromatic rings. The lowest BCUT2D eigenvalue weighted by Crippen LogP contribution is -2.44. The zero-order chi connectivity index (χ0) is 20.9. The van der Waals surface area contributed by atoms with Crippen molar-refractivity contribution >= 4 is 21.6 Å². The first-order chi connectivity index (χ1) is 13.9. The molecule has 1 aliphatic heterocycles. The van der Waals surface area contributed by atoms with Crippen LogP contribution in [0.25, 0.3) is 0 Å². The van der Waals surface area contributed by atoms with Gasteiger partial charge in [-0.05, 0) is 48.6 Å². The molecule has 3 rings (SSSR count). The molecule has 7 heteroatoms. The lowest BCUT2D eigenvalue weighted by atomic mass is 9.98. The molecule has 6 nitrogen and oxygen atoms in total. The summed E-state index contributed by atoms with van der Waals surface area (Å²) in [6.45, 7) is 2.55. The zero-order valence-corrected chi connectivity index (χ0v) is 17.3. The number of hydrogen-bond acceptors (Lipinski definition) is 4. The third-order valence-electron chi connectivity index (χ3n) is 5.25. The Morgan fingerprint density at radius 1 is 1.21 bits per heavy atom. The second kappa shape index (κ2) is 9.21. The van der Waals surface area contributed by atoms with Gasteiger partial charge in [-0.2, -0.15) is 5.26 Å². The fraction of sp³-hybridized carbons (Fsp3) is 0.364. The lowest BCUT2D eigenvalue weighted by molar-refractivity contribution is -0.120. The molecule has 1 aliphatic rings. The van der Waals surface area contributed by atoms with E-state index < -0.39 is 10.0 Å². The molecule has 1 amide bonds. The number of nitrogens with zero attached hydrogens (tertiary/aromatic N) is 2. The Morgan fingerprint density at radius 3 is 2.62 bits per heavy atom. The standard InChI is InChI=1S/C22H25N3O3S/c1-17-5-2-3-6-20(17)16-29(27,28)25-14-4-7-19(15-25)22(26)24-21-10-8-18(9-11-21)12-13-23/h2-3,5-6,8-11,19H,4,7,12,14-16H2,1H3,(H,24,26)/t19-/m1/s1. The molecule has 2 aromatic carbocycles. The quantitative estimate of drug-likeness (QED) is 0.790. The minimum Gasteiger partial charge on any atom is -0.326 e. The van der Waals surface area contributed by atoms with Gasteiger partial charge in [0, 0.05) is 18.8 Å². The molecule has 0 aliphatic carbocycles. The summed E-state index contributed by atoms with van der Waals surface area (Å²) < 4.78 is 27.2. The molecule has 1 N–H and O–H groups in total. The van der Waals surface area contributed by atoms with Gasteiger partial charge >= 0.3 is 0 Å². The van der Waals surface area contributed by atoms with E-state index in [1.807, 2.05) is 31.2 Å². The number of nitriles is 1. The van der Waals surface area contributed by atoms with Crippen molar-refractivity contribution < 1.29 is 13.2 Å². The van der Waals surface area contributed by atoms with Crippen LogP contribution in [0.5, 0.6) is 0 Å². The van der Waals surface area contributed by atoms with Gasteiger partial charge in [0.2, 0.25) is 15.9 Å². The maximum atomic E-state index is 12.9. The average molecular weight is 412 g/mol. The minimum atomic E-state index is -3.49. The number of aryl methyl sites for hydroxylation is 1. The van der Waals surface area contributed by atoms with Gasteiger partial charge < -0.3 is 5.32 Å². The van der Waals surface area contributed by atoms with Crippen LogP contribution in [0.1, 0.15) is 29.5 Å². The fourth-order valence-corrected chi connectivity index (χ4v) is 5.22. The van der Waals surface area contributed by atoms with Gasteiger partial charge in [-0.25, -0.2) is 12.7 Å². The van der Waals surface area contributed by atoms with Crippen molar-refractivity contribution in [2.45, 2.75) is 31.9 Å². The van der Waals surface area contributed by atoms with Crippen LogP contribution in [-0.2, 0) is 27.0 Å². The van der Waals surface area contributed by atoms with Crippen molar-refractivity contribution in [2.75, 3.05) is 18.4 Å². The van der Waals surface area contributed by atoms with Gasteiger partial charge in [0.15, 0.2) is 0 Å². The number of amides is 1. The summed E-state index contributed by atoms with van der Waals surface area (Å²) in [4.78, 5) is 12.7. The fourth-order valence-electron chi connectivity index (χ4n) is 3.51. The van der Waals surface area contributed by atoms with E-state index in [2.05, 4.69) is 11.4 Å². The topological polar surface area (TPSA) is 90.3 Å². The van der Waals surface area contributed by atoms with Crippen LogP contribution in [0.3, 0.4) is 0 Å². The van der Waals surface area contributed by atoms with E-state index in [0.717, 1.165) is 16.7 Å². The molecule has 152 valence electrons. The first kappa shape index (κ1) is 21.0. The van der Waals surface area contributed by atoms with Crippen molar-refractivity contribution in [3.63, 3.8) is 0 Å². The van der Waals surface area contributed by atoms with E-state index in [1.165, 1.54) is 4.31 Å². The summed E-state index contributed by atoms with van der Waals surface area (Å²) in [5.74, 6) is -0.600. The molecule has 29 heavy (non-hydrogen) atoms. The number of hydrogen-bond donors (Lipinski definition) is 1. The normalized spacial score (nSPS) is 17.4. The maximum absolute atomic E-state index is 12.9. The van der Waals surface area contributed by atoms with E-state index in [4.69, 9.17) is 5.26 Å². The van der Waals surface area contributed by atoms with Crippen LogP contribution >= 0.6 is 0 Å². The molecule has 0 unspecified atom stereocenters. The molecule has 0 bridgehead atoms. The highest BCUT2D eigenvalue weighted by Crippen LogP contribution is 2.24. The highest BCUT2D eigenvalue weighted by molar-refractivity contribution is 7.88. The molecule has 1 atom stereocenters. The van der Waals surface area contributed by atoms with Gasteiger partial charge in [0.05, 0.1) is 24.2 Å². The van der Waals surface area contributed by atoms with Crippen LogP contribution in [0.2, 0.25) is 0 Å². The number of nitrogens with one attached hydrogen (secondary N) is 1. The Balaban J connectivity index is 1.64. The average Bonchev–Trinajstić information content (AvgIpc) is 2.71. The Kier molecular flexibility index (Phi) is 6.68. The molecule has 0 aromatic heterocycles. The number of carbonyl (C=O) groups is 1. The third-order valence-corrected chi connectivity index (χ3v) is 7.05. The monoisotopic (exact) mass is 411 g/mol. The number of sulfonamides is 1. The van der Waals surface area contributed by atoms with Crippen molar-refractivity contribution in [2.24, 2.45) is 5.92 Å². The minimum absolute atomic E-state index is 0.0473. The maximum Gasteiger partial charge on any atom is 0.228 e. The van der Waals surface area contributed by atoms with Gasteiger partial charge in [-0.3, -0.25) is 4.79 Å². The van der Waals surface area contributed by atoms with Gasteiger partial charge in [-0.1, -0.05) is 36.4 Å². The van der Waals surface area contributed by atoms with Crippen molar-refractivity contribution in [1.82, 2.24) is 4.31 Å². The smallest absolute Gasteiger partial charge is 0.228 e. The summed E-state index contributed by atoms with van der Waals surface area (Å²) in [5.41, 5.74) is 3.27. The predicted molar refractivity (Wildman–Crippen MR) is 112 cm³/mol. The first-order valence-electron chi connectivity index (χ1n) is 9.68. The molecular weight excluding hydrogens is 386 g/mol. The summed E-state index contributed by atoms with van der Waals surface area (Å²) in [7, 11) is -3.49. The van der Waals surface area contributed by atoms with E-state index in [9.17, 15) is 13.2 Å². The van der Waals surface area contributed by atoms with E-state index in [-0.39, 0.29) is 24.1 Å². The molecule has 1 saturated heterocycles. The SMILES string of the molecule is Cc1ccccc1CS(=O)(=O)N1CCC[C@@H](C(=O)Nc2ccc(CC#N)cc2)C1. The van der Waals surface area contributed by atoms with E-state index in [0.29, 0.717) is 31.5 Å². The highest BCUT2D eigenvalue weighted by Gasteiger charge is 2.32. The molecular formula is C22H25N3O3S. The second-order valence-electron chi connectivity index (χ2n) is 7.40. The molecule has 1 fully saturated rings. The number of piperidine rings is 1. The zero-order valence-electron chi connectivity index (χ0n) is 16.5. The number of carbonyl (C=O) groups excluding carboxylic acids is 1. The van der Waals surface area contributed by atoms with E-state index >= 15 is 0 Å². The summed E-state index contributed by atoms with van der Waals surface area (Å²) >= 11 is 0. The highest BCUT2D eigenvalue weighted by atomic mass is 32.2. The van der Waals surface area contributed by atoms with Crippen LogP contribution in [0, 0.1) is 24.2 Å². The van der Waals surface area contributed by atoms with Gasteiger partial charge in [0.1, 0.15) is 0 Å². The molecule has 1 heterocycles. The van der Waals surface area contributed by atoms with Crippen LogP contribution in [-0.4, -0.2) is 31.7 Å². The van der Waals surface area contributed by atoms with E-state index in [1.54, 1.807) is 24.3 Å². The van der Waals surface area contributed by atoms with Gasteiger partial charge in [-0.15, -0.1) is 0 Å². The summed E-state index contributed by atoms with van der Waals surface area (Å²) in [5, 5.41) is 11.6. The largest absolute Gasteiger partial charge is 0.326 e. The van der Waals surface area contributed by atoms with Crippen molar-refractivity contribution in [3.8, 4) is 6.07 Å². The van der Waals surface area contributed by atoms with Crippen LogP contribution < -0.4 is 5.32 Å². The molecule has 0 spiro atoms. The van der Waals surface area contributed by atoms with Crippen molar-refractivity contribution in [1.29, 1.82) is 5.26 Å². The Morgan fingerprint density at radius 2 is 1.93 bits per heavy atom. The van der Waals surface area contributed by atoms with Gasteiger partial charge in [0.25, 0.3) is 0 Å². The molecule has 0 radical (unpaired) electrons. The first-order valence-corrected chi connectivity index (χ1v) is 11.3. The van der Waals surface area contributed by atoms with Crippen LogP contribution in [0.15, 0.2) is 48.5 Å². The Labute approximate surface area is 172 Å². The number of benzene rings is 2. The third kappa shape index (κ3) is 5.43. The Hall–Kier alpha value is -2.69. The van der Waals surface area contributed by atoms with Crippen LogP contribution in [0.4, 0.5) is 5.69 Å². The second-order valence-corrected chi connectivity index (χ2v) is 9.37. The number of rotatable bonds is 6.